The molecule has 0 heterocycles. The fraction of sp³-hybridized carbons (Fsp3) is 0.714. The van der Waals surface area contributed by atoms with Crippen molar-refractivity contribution in [1.82, 2.24) is 0 Å². The highest BCUT2D eigenvalue weighted by molar-refractivity contribution is 4.82. The van der Waals surface area contributed by atoms with E-state index in [0.717, 1.165) is 6.42 Å². The molecule has 0 bridgehead atoms. The summed E-state index contributed by atoms with van der Waals surface area (Å²) in [6.45, 7) is 1.99. The molecule has 0 aromatic carbocycles. The van der Waals surface area contributed by atoms with Crippen LogP contribution in [0.4, 0.5) is 0 Å². The van der Waals surface area contributed by atoms with Gasteiger partial charge in [0.15, 0.2) is 0 Å². The predicted molar refractivity (Wildman–Crippen MR) is 37.1 cm³/mol. The van der Waals surface area contributed by atoms with Gasteiger partial charge < -0.3 is 10.2 Å². The minimum absolute atomic E-state index is 0.0659. The highest BCUT2D eigenvalue weighted by atomic mass is 16.3. The molecule has 0 aliphatic heterocycles. The number of hydrogen-bond donors (Lipinski definition) is 2. The van der Waals surface area contributed by atoms with E-state index in [0.29, 0.717) is 6.42 Å². The van der Waals surface area contributed by atoms with Crippen LogP contribution < -0.4 is 0 Å². The lowest BCUT2D eigenvalue weighted by atomic mass is 10.2. The number of aliphatic hydroxyl groups is 2. The Morgan fingerprint density at radius 1 is 1.44 bits per heavy atom. The maximum Gasteiger partial charge on any atom is 0.0612 e. The van der Waals surface area contributed by atoms with Gasteiger partial charge in [-0.2, -0.15) is 0 Å². The largest absolute Gasteiger partial charge is 0.393 e. The molecule has 2 N–H and O–H groups in total. The molecule has 0 spiro atoms. The first kappa shape index (κ1) is 8.66. The summed E-state index contributed by atoms with van der Waals surface area (Å²) < 4.78 is 0. The number of rotatable bonds is 4. The van der Waals surface area contributed by atoms with E-state index in [-0.39, 0.29) is 12.7 Å². The second-order valence-electron chi connectivity index (χ2n) is 1.95. The van der Waals surface area contributed by atoms with Crippen LogP contribution in [-0.4, -0.2) is 22.9 Å². The second-order valence-corrected chi connectivity index (χ2v) is 1.95. The molecule has 0 rings (SSSR count). The van der Waals surface area contributed by atoms with E-state index in [2.05, 4.69) is 0 Å². The molecule has 0 aliphatic rings. The van der Waals surface area contributed by atoms with Crippen molar-refractivity contribution in [1.29, 1.82) is 0 Å². The van der Waals surface area contributed by atoms with Crippen LogP contribution >= 0.6 is 0 Å². The van der Waals surface area contributed by atoms with Crippen LogP contribution in [0.15, 0.2) is 12.2 Å². The Hall–Kier alpha value is -0.340. The van der Waals surface area contributed by atoms with Gasteiger partial charge in [0.25, 0.3) is 0 Å². The lowest BCUT2D eigenvalue weighted by molar-refractivity contribution is 0.173. The summed E-state index contributed by atoms with van der Waals surface area (Å²) in [4.78, 5) is 0. The van der Waals surface area contributed by atoms with Crippen LogP contribution in [0.3, 0.4) is 0 Å². The van der Waals surface area contributed by atoms with Crippen molar-refractivity contribution in [3.8, 4) is 0 Å². The predicted octanol–water partition coefficient (Wildman–Crippen LogP) is 0.696. The van der Waals surface area contributed by atoms with E-state index < -0.39 is 0 Å². The SMILES string of the molecule is CCC(O)C/C=C\CO. The van der Waals surface area contributed by atoms with E-state index in [1.165, 1.54) is 0 Å². The van der Waals surface area contributed by atoms with Gasteiger partial charge in [-0.1, -0.05) is 19.1 Å². The van der Waals surface area contributed by atoms with Gasteiger partial charge in [0.05, 0.1) is 12.7 Å². The number of hydrogen-bond acceptors (Lipinski definition) is 2. The lowest BCUT2D eigenvalue weighted by Crippen LogP contribution is -2.01. The minimum atomic E-state index is -0.243. The third-order valence-corrected chi connectivity index (χ3v) is 1.15. The highest BCUT2D eigenvalue weighted by Gasteiger charge is 1.93. The molecule has 2 nitrogen and oxygen atoms in total. The molecule has 54 valence electrons. The third-order valence-electron chi connectivity index (χ3n) is 1.15. The molecule has 0 aliphatic carbocycles. The van der Waals surface area contributed by atoms with Gasteiger partial charge in [0, 0.05) is 0 Å². The van der Waals surface area contributed by atoms with Crippen LogP contribution in [-0.2, 0) is 0 Å². The highest BCUT2D eigenvalue weighted by Crippen LogP contribution is 1.96. The Bertz CT molecular complexity index is 79.0. The van der Waals surface area contributed by atoms with Crippen LogP contribution in [0.2, 0.25) is 0 Å². The van der Waals surface area contributed by atoms with Crippen molar-refractivity contribution in [2.75, 3.05) is 6.61 Å². The zero-order valence-electron chi connectivity index (χ0n) is 5.75. The zero-order chi connectivity index (χ0) is 7.11. The van der Waals surface area contributed by atoms with E-state index in [1.54, 1.807) is 12.2 Å². The Labute approximate surface area is 55.8 Å². The fourth-order valence-corrected chi connectivity index (χ4v) is 0.495. The van der Waals surface area contributed by atoms with Gasteiger partial charge in [0.2, 0.25) is 0 Å². The van der Waals surface area contributed by atoms with E-state index in [9.17, 15) is 0 Å². The van der Waals surface area contributed by atoms with E-state index in [1.807, 2.05) is 6.92 Å². The van der Waals surface area contributed by atoms with Crippen molar-refractivity contribution in [3.63, 3.8) is 0 Å². The first-order valence-corrected chi connectivity index (χ1v) is 3.25. The van der Waals surface area contributed by atoms with E-state index >= 15 is 0 Å². The molecule has 0 radical (unpaired) electrons. The van der Waals surface area contributed by atoms with Crippen molar-refractivity contribution in [2.24, 2.45) is 0 Å². The summed E-state index contributed by atoms with van der Waals surface area (Å²) in [6.07, 6.45) is 4.60. The summed E-state index contributed by atoms with van der Waals surface area (Å²) in [5.74, 6) is 0. The van der Waals surface area contributed by atoms with Crippen LogP contribution in [0, 0.1) is 0 Å². The molecule has 0 saturated carbocycles. The molecule has 0 aromatic rings. The van der Waals surface area contributed by atoms with Crippen molar-refractivity contribution >= 4 is 0 Å². The average Bonchev–Trinajstić information content (AvgIpc) is 1.89. The molecular weight excluding hydrogens is 116 g/mol. The van der Waals surface area contributed by atoms with Gasteiger partial charge in [-0.3, -0.25) is 0 Å². The van der Waals surface area contributed by atoms with E-state index in [4.69, 9.17) is 10.2 Å². The molecule has 0 aromatic heterocycles. The maximum atomic E-state index is 8.95. The van der Waals surface area contributed by atoms with Gasteiger partial charge in [-0.05, 0) is 12.8 Å². The smallest absolute Gasteiger partial charge is 0.0612 e. The second kappa shape index (κ2) is 5.79. The molecular formula is C7H14O2. The Kier molecular flexibility index (Phi) is 5.57. The average molecular weight is 130 g/mol. The molecule has 0 amide bonds. The summed E-state index contributed by atoms with van der Waals surface area (Å²) >= 11 is 0. The fourth-order valence-electron chi connectivity index (χ4n) is 0.495. The Morgan fingerprint density at radius 3 is 2.56 bits per heavy atom. The molecule has 2 heteroatoms. The first-order valence-electron chi connectivity index (χ1n) is 3.25. The van der Waals surface area contributed by atoms with Gasteiger partial charge in [-0.25, -0.2) is 0 Å². The quantitative estimate of drug-likeness (QED) is 0.550. The Balaban J connectivity index is 3.15. The molecule has 1 unspecified atom stereocenters. The molecule has 0 fully saturated rings. The normalized spacial score (nSPS) is 14.6. The van der Waals surface area contributed by atoms with Crippen LogP contribution in [0.1, 0.15) is 19.8 Å². The third kappa shape index (κ3) is 5.53. The summed E-state index contributed by atoms with van der Waals surface area (Å²) in [5.41, 5.74) is 0. The minimum Gasteiger partial charge on any atom is -0.393 e. The summed E-state index contributed by atoms with van der Waals surface area (Å²) in [6, 6.07) is 0. The van der Waals surface area contributed by atoms with Gasteiger partial charge >= 0.3 is 0 Å². The summed E-state index contributed by atoms with van der Waals surface area (Å²) in [5, 5.41) is 17.2. The maximum absolute atomic E-state index is 8.95. The summed E-state index contributed by atoms with van der Waals surface area (Å²) in [7, 11) is 0. The van der Waals surface area contributed by atoms with Gasteiger partial charge in [0.1, 0.15) is 0 Å². The topological polar surface area (TPSA) is 40.5 Å². The first-order chi connectivity index (χ1) is 4.31. The van der Waals surface area contributed by atoms with Crippen molar-refractivity contribution < 1.29 is 10.2 Å². The number of aliphatic hydroxyl groups excluding tert-OH is 2. The van der Waals surface area contributed by atoms with Crippen LogP contribution in [0.5, 0.6) is 0 Å². The Morgan fingerprint density at radius 2 is 2.11 bits per heavy atom. The molecule has 0 saturated heterocycles. The van der Waals surface area contributed by atoms with Crippen LogP contribution in [0.25, 0.3) is 0 Å². The lowest BCUT2D eigenvalue weighted by Gasteiger charge is -2.00. The molecule has 9 heavy (non-hydrogen) atoms. The van der Waals surface area contributed by atoms with Crippen molar-refractivity contribution in [3.05, 3.63) is 12.2 Å². The van der Waals surface area contributed by atoms with Gasteiger partial charge in [-0.15, -0.1) is 0 Å². The molecule has 1 atom stereocenters. The monoisotopic (exact) mass is 130 g/mol. The standard InChI is InChI=1S/C7H14O2/c1-2-7(9)5-3-4-6-8/h3-4,7-9H,2,5-6H2,1H3/b4-3-. The zero-order valence-corrected chi connectivity index (χ0v) is 5.75. The van der Waals surface area contributed by atoms with Crippen molar-refractivity contribution in [2.45, 2.75) is 25.9 Å².